The summed E-state index contributed by atoms with van der Waals surface area (Å²) < 4.78 is 36.4. The van der Waals surface area contributed by atoms with Gasteiger partial charge in [0.1, 0.15) is 0 Å². The van der Waals surface area contributed by atoms with Crippen LogP contribution in [0.2, 0.25) is 0 Å². The number of aromatic nitrogens is 1. The lowest BCUT2D eigenvalue weighted by Crippen LogP contribution is -2.07. The minimum Gasteiger partial charge on any atom is -0.327 e. The molecule has 0 aliphatic heterocycles. The van der Waals surface area contributed by atoms with Gasteiger partial charge in [-0.05, 0) is 18.6 Å². The molecule has 0 radical (unpaired) electrons. The number of pyridine rings is 1. The minimum absolute atomic E-state index is 0.0687. The van der Waals surface area contributed by atoms with Crippen molar-refractivity contribution in [3.05, 3.63) is 29.6 Å². The summed E-state index contributed by atoms with van der Waals surface area (Å²) in [6.07, 6.45) is -2.63. The molecule has 1 aliphatic carbocycles. The molecule has 1 heterocycles. The van der Waals surface area contributed by atoms with Crippen LogP contribution >= 0.6 is 0 Å². The molecular formula is C9H9F3N2. The second kappa shape index (κ2) is 2.95. The smallest absolute Gasteiger partial charge is 0.327 e. The molecule has 14 heavy (non-hydrogen) atoms. The molecule has 0 amide bonds. The van der Waals surface area contributed by atoms with Gasteiger partial charge in [0.2, 0.25) is 0 Å². The number of nitrogens with zero attached hydrogens (tertiary/aromatic N) is 1. The Bertz CT molecular complexity index is 331. The molecule has 1 saturated carbocycles. The van der Waals surface area contributed by atoms with Gasteiger partial charge < -0.3 is 5.73 Å². The Morgan fingerprint density at radius 2 is 2.00 bits per heavy atom. The first kappa shape index (κ1) is 9.45. The lowest BCUT2D eigenvalue weighted by atomic mass is 10.2. The predicted octanol–water partition coefficient (Wildman–Crippen LogP) is 1.91. The van der Waals surface area contributed by atoms with Crippen molar-refractivity contribution in [1.82, 2.24) is 4.98 Å². The Kier molecular flexibility index (Phi) is 1.99. The molecule has 0 saturated heterocycles. The quantitative estimate of drug-likeness (QED) is 0.755. The third kappa shape index (κ3) is 1.72. The highest BCUT2D eigenvalue weighted by atomic mass is 19.4. The fourth-order valence-corrected chi connectivity index (χ4v) is 1.35. The first-order valence-corrected chi connectivity index (χ1v) is 4.27. The van der Waals surface area contributed by atoms with E-state index < -0.39 is 11.7 Å². The van der Waals surface area contributed by atoms with E-state index in [1.807, 2.05) is 0 Å². The predicted molar refractivity (Wildman–Crippen MR) is 44.6 cm³/mol. The van der Waals surface area contributed by atoms with Gasteiger partial charge in [-0.25, -0.2) is 0 Å². The summed E-state index contributed by atoms with van der Waals surface area (Å²) in [5, 5.41) is 0. The van der Waals surface area contributed by atoms with E-state index in [1.165, 1.54) is 6.07 Å². The zero-order valence-corrected chi connectivity index (χ0v) is 7.25. The molecule has 2 atom stereocenters. The average molecular weight is 202 g/mol. The molecular weight excluding hydrogens is 193 g/mol. The van der Waals surface area contributed by atoms with Crippen molar-refractivity contribution in [3.63, 3.8) is 0 Å². The SMILES string of the molecule is N[C@@H]1C[C@H]1c1ccc(C(F)(F)F)cn1. The first-order valence-electron chi connectivity index (χ1n) is 4.27. The van der Waals surface area contributed by atoms with Gasteiger partial charge >= 0.3 is 6.18 Å². The molecule has 2 nitrogen and oxygen atoms in total. The second-order valence-electron chi connectivity index (χ2n) is 3.48. The van der Waals surface area contributed by atoms with Crippen molar-refractivity contribution in [2.45, 2.75) is 24.6 Å². The third-order valence-electron chi connectivity index (χ3n) is 2.33. The molecule has 1 aliphatic rings. The normalized spacial score (nSPS) is 26.3. The van der Waals surface area contributed by atoms with Crippen LogP contribution in [0.4, 0.5) is 13.2 Å². The molecule has 0 bridgehead atoms. The standard InChI is InChI=1S/C9H9F3N2/c10-9(11,12)5-1-2-8(14-4-5)6-3-7(6)13/h1-2,4,6-7H,3,13H2/t6-,7-/m1/s1. The Labute approximate surface area is 78.9 Å². The molecule has 2 rings (SSSR count). The lowest BCUT2D eigenvalue weighted by molar-refractivity contribution is -0.137. The average Bonchev–Trinajstić information content (AvgIpc) is 2.81. The topological polar surface area (TPSA) is 38.9 Å². The van der Waals surface area contributed by atoms with Crippen LogP contribution < -0.4 is 5.73 Å². The van der Waals surface area contributed by atoms with E-state index in [0.717, 1.165) is 18.7 Å². The van der Waals surface area contributed by atoms with E-state index in [1.54, 1.807) is 0 Å². The number of hydrogen-bond donors (Lipinski definition) is 1. The van der Waals surface area contributed by atoms with E-state index in [2.05, 4.69) is 4.98 Å². The van der Waals surface area contributed by atoms with Crippen molar-refractivity contribution in [2.24, 2.45) is 5.73 Å². The fourth-order valence-electron chi connectivity index (χ4n) is 1.35. The molecule has 2 N–H and O–H groups in total. The molecule has 5 heteroatoms. The van der Waals surface area contributed by atoms with Crippen LogP contribution in [0.3, 0.4) is 0 Å². The van der Waals surface area contributed by atoms with Crippen molar-refractivity contribution in [1.29, 1.82) is 0 Å². The van der Waals surface area contributed by atoms with Crippen LogP contribution in [0.1, 0.15) is 23.6 Å². The van der Waals surface area contributed by atoms with E-state index in [0.29, 0.717) is 5.69 Å². The highest BCUT2D eigenvalue weighted by Gasteiger charge is 2.37. The maximum atomic E-state index is 12.1. The van der Waals surface area contributed by atoms with Gasteiger partial charge in [0.25, 0.3) is 0 Å². The summed E-state index contributed by atoms with van der Waals surface area (Å²) in [5.41, 5.74) is 5.51. The van der Waals surface area contributed by atoms with Gasteiger partial charge in [-0.2, -0.15) is 13.2 Å². The molecule has 1 fully saturated rings. The number of rotatable bonds is 1. The van der Waals surface area contributed by atoms with Crippen molar-refractivity contribution < 1.29 is 13.2 Å². The third-order valence-corrected chi connectivity index (χ3v) is 2.33. The van der Waals surface area contributed by atoms with Crippen molar-refractivity contribution in [3.8, 4) is 0 Å². The molecule has 0 aromatic carbocycles. The molecule has 0 spiro atoms. The van der Waals surface area contributed by atoms with E-state index in [-0.39, 0.29) is 12.0 Å². The maximum Gasteiger partial charge on any atom is 0.417 e. The fraction of sp³-hybridized carbons (Fsp3) is 0.444. The summed E-state index contributed by atoms with van der Waals surface area (Å²) in [5.74, 6) is 0.150. The van der Waals surface area contributed by atoms with Gasteiger partial charge in [-0.15, -0.1) is 0 Å². The summed E-state index contributed by atoms with van der Waals surface area (Å²) in [4.78, 5) is 3.76. The highest BCUT2D eigenvalue weighted by molar-refractivity contribution is 5.24. The van der Waals surface area contributed by atoms with Gasteiger partial charge in [-0.1, -0.05) is 0 Å². The highest BCUT2D eigenvalue weighted by Crippen LogP contribution is 2.38. The summed E-state index contributed by atoms with van der Waals surface area (Å²) in [7, 11) is 0. The molecule has 76 valence electrons. The Hall–Kier alpha value is -1.10. The van der Waals surface area contributed by atoms with Gasteiger partial charge in [0.05, 0.1) is 5.56 Å². The number of nitrogens with two attached hydrogens (primary N) is 1. The first-order chi connectivity index (χ1) is 6.48. The van der Waals surface area contributed by atoms with Crippen LogP contribution in [0.15, 0.2) is 18.3 Å². The van der Waals surface area contributed by atoms with E-state index >= 15 is 0 Å². The van der Waals surface area contributed by atoms with Gasteiger partial charge in [0.15, 0.2) is 0 Å². The van der Waals surface area contributed by atoms with Crippen LogP contribution in [-0.4, -0.2) is 11.0 Å². The zero-order chi connectivity index (χ0) is 10.3. The maximum absolute atomic E-state index is 12.1. The summed E-state index contributed by atoms with van der Waals surface area (Å²) >= 11 is 0. The van der Waals surface area contributed by atoms with Gasteiger partial charge in [0, 0.05) is 23.9 Å². The van der Waals surface area contributed by atoms with E-state index in [9.17, 15) is 13.2 Å². The Morgan fingerprint density at radius 1 is 1.36 bits per heavy atom. The zero-order valence-electron chi connectivity index (χ0n) is 7.25. The van der Waals surface area contributed by atoms with E-state index in [4.69, 9.17) is 5.73 Å². The van der Waals surface area contributed by atoms with Crippen LogP contribution in [0, 0.1) is 0 Å². The van der Waals surface area contributed by atoms with Gasteiger partial charge in [-0.3, -0.25) is 4.98 Å². The molecule has 0 unspecified atom stereocenters. The molecule has 1 aromatic heterocycles. The molecule has 1 aromatic rings. The summed E-state index contributed by atoms with van der Waals surface area (Å²) in [6.45, 7) is 0. The number of hydrogen-bond acceptors (Lipinski definition) is 2. The largest absolute Gasteiger partial charge is 0.417 e. The second-order valence-corrected chi connectivity index (χ2v) is 3.48. The monoisotopic (exact) mass is 202 g/mol. The van der Waals surface area contributed by atoms with Crippen LogP contribution in [-0.2, 0) is 6.18 Å². The number of halogens is 3. The van der Waals surface area contributed by atoms with Crippen LogP contribution in [0.5, 0.6) is 0 Å². The Morgan fingerprint density at radius 3 is 2.36 bits per heavy atom. The minimum atomic E-state index is -4.31. The van der Waals surface area contributed by atoms with Crippen LogP contribution in [0.25, 0.3) is 0 Å². The van der Waals surface area contributed by atoms with Crippen molar-refractivity contribution in [2.75, 3.05) is 0 Å². The Balaban J connectivity index is 2.18. The van der Waals surface area contributed by atoms with Crippen molar-refractivity contribution >= 4 is 0 Å². The lowest BCUT2D eigenvalue weighted by Gasteiger charge is -2.06. The number of alkyl halides is 3. The summed E-state index contributed by atoms with van der Waals surface area (Å²) in [6, 6.07) is 2.52.